The Morgan fingerprint density at radius 2 is 2.14 bits per heavy atom. The van der Waals surface area contributed by atoms with Gasteiger partial charge in [0.15, 0.2) is 5.78 Å². The number of aliphatic hydroxyl groups is 1. The van der Waals surface area contributed by atoms with Gasteiger partial charge in [-0.2, -0.15) is 0 Å². The number of carbonyl (C=O) groups is 2. The molecule has 6 heteroatoms. The van der Waals surface area contributed by atoms with E-state index in [2.05, 4.69) is 5.32 Å². The first kappa shape index (κ1) is 18.6. The Balaban J connectivity index is 2.84. The molecular weight excluding hydrogens is 306 g/mol. The van der Waals surface area contributed by atoms with Crippen molar-refractivity contribution in [3.8, 4) is 0 Å². The zero-order valence-corrected chi connectivity index (χ0v) is 13.7. The summed E-state index contributed by atoms with van der Waals surface area (Å²) in [6, 6.07) is 4.34. The molecule has 122 valence electrons. The topological polar surface area (TPSA) is 75.6 Å². The third-order valence-electron chi connectivity index (χ3n) is 3.16. The molecule has 1 aromatic rings. The quantitative estimate of drug-likeness (QED) is 0.413. The van der Waals surface area contributed by atoms with Crippen LogP contribution in [0, 0.1) is 6.92 Å². The summed E-state index contributed by atoms with van der Waals surface area (Å²) < 4.78 is 4.91. The van der Waals surface area contributed by atoms with Crippen LogP contribution in [0.3, 0.4) is 0 Å². The van der Waals surface area contributed by atoms with Crippen LogP contribution in [0.4, 0.5) is 0 Å². The van der Waals surface area contributed by atoms with Crippen molar-refractivity contribution in [2.24, 2.45) is 0 Å². The van der Waals surface area contributed by atoms with Gasteiger partial charge >= 0.3 is 5.97 Å². The maximum Gasteiger partial charge on any atom is 0.307 e. The van der Waals surface area contributed by atoms with Gasteiger partial charge in [-0.3, -0.25) is 9.59 Å². The average molecular weight is 328 g/mol. The number of nitrogens with one attached hydrogen (secondary N) is 1. The molecule has 0 amide bonds. The summed E-state index contributed by atoms with van der Waals surface area (Å²) in [5.41, 5.74) is 1.30. The molecule has 1 rings (SSSR count). The molecule has 0 fully saturated rings. The molecule has 1 unspecified atom stereocenters. The molecule has 5 nitrogen and oxygen atoms in total. The number of aryl methyl sites for hydroxylation is 1. The number of hydrogen-bond acceptors (Lipinski definition) is 5. The minimum absolute atomic E-state index is 0.0212. The van der Waals surface area contributed by atoms with E-state index in [0.717, 1.165) is 5.56 Å². The third-order valence-corrected chi connectivity index (χ3v) is 3.58. The van der Waals surface area contributed by atoms with Crippen LogP contribution in [-0.4, -0.2) is 42.7 Å². The predicted molar refractivity (Wildman–Crippen MR) is 85.3 cm³/mol. The van der Waals surface area contributed by atoms with E-state index < -0.39 is 12.0 Å². The van der Waals surface area contributed by atoms with E-state index in [-0.39, 0.29) is 25.4 Å². The van der Waals surface area contributed by atoms with Gasteiger partial charge < -0.3 is 15.2 Å². The van der Waals surface area contributed by atoms with E-state index >= 15 is 0 Å². The van der Waals surface area contributed by atoms with Crippen molar-refractivity contribution < 1.29 is 19.4 Å². The number of ketones is 1. The summed E-state index contributed by atoms with van der Waals surface area (Å²) >= 11 is 5.96. The molecular formula is C16H22ClNO4. The Morgan fingerprint density at radius 1 is 1.41 bits per heavy atom. The zero-order valence-electron chi connectivity index (χ0n) is 12.9. The predicted octanol–water partition coefficient (Wildman–Crippen LogP) is 2.12. The lowest BCUT2D eigenvalue weighted by atomic mass is 10.00. The molecule has 0 radical (unpaired) electrons. The second-order valence-corrected chi connectivity index (χ2v) is 5.33. The van der Waals surface area contributed by atoms with E-state index in [1.54, 1.807) is 25.1 Å². The summed E-state index contributed by atoms with van der Waals surface area (Å²) in [5, 5.41) is 12.4. The Labute approximate surface area is 135 Å². The van der Waals surface area contributed by atoms with Gasteiger partial charge in [0, 0.05) is 17.2 Å². The smallest absolute Gasteiger partial charge is 0.307 e. The van der Waals surface area contributed by atoms with Crippen LogP contribution in [0.1, 0.15) is 35.7 Å². The molecule has 2 N–H and O–H groups in total. The van der Waals surface area contributed by atoms with E-state index in [1.807, 2.05) is 6.92 Å². The Kier molecular flexibility index (Phi) is 8.09. The summed E-state index contributed by atoms with van der Waals surface area (Å²) in [7, 11) is 0. The van der Waals surface area contributed by atoms with Crippen molar-refractivity contribution in [1.82, 2.24) is 5.32 Å². The van der Waals surface area contributed by atoms with Crippen LogP contribution < -0.4 is 5.32 Å². The summed E-state index contributed by atoms with van der Waals surface area (Å²) in [4.78, 5) is 24.2. The Bertz CT molecular complexity index is 519. The number of Topliss-reactive ketones (excluding diaryl/α,β-unsaturated/α-hetero) is 1. The second kappa shape index (κ2) is 9.56. The molecule has 22 heavy (non-hydrogen) atoms. The van der Waals surface area contributed by atoms with Gasteiger partial charge in [-0.05, 0) is 50.6 Å². The molecule has 0 heterocycles. The number of rotatable bonds is 9. The minimum Gasteiger partial charge on any atom is -0.466 e. The summed E-state index contributed by atoms with van der Waals surface area (Å²) in [6.07, 6.45) is 0.464. The minimum atomic E-state index is -0.675. The molecule has 0 saturated carbocycles. The number of esters is 1. The first-order valence-electron chi connectivity index (χ1n) is 7.29. The van der Waals surface area contributed by atoms with Crippen LogP contribution in [0.15, 0.2) is 18.2 Å². The molecule has 1 atom stereocenters. The van der Waals surface area contributed by atoms with Crippen molar-refractivity contribution in [1.29, 1.82) is 0 Å². The molecule has 0 spiro atoms. The molecule has 0 aliphatic heterocycles. The lowest BCUT2D eigenvalue weighted by Gasteiger charge is -2.17. The van der Waals surface area contributed by atoms with Crippen molar-refractivity contribution in [3.05, 3.63) is 34.3 Å². The van der Waals surface area contributed by atoms with Gasteiger partial charge in [-0.25, -0.2) is 0 Å². The average Bonchev–Trinajstić information content (AvgIpc) is 2.49. The molecule has 0 aliphatic carbocycles. The van der Waals surface area contributed by atoms with Crippen LogP contribution >= 0.6 is 11.6 Å². The lowest BCUT2D eigenvalue weighted by molar-refractivity contribution is -0.143. The van der Waals surface area contributed by atoms with Gasteiger partial charge in [0.05, 0.1) is 19.1 Å². The summed E-state index contributed by atoms with van der Waals surface area (Å²) in [6.45, 7) is 4.28. The largest absolute Gasteiger partial charge is 0.466 e. The summed E-state index contributed by atoms with van der Waals surface area (Å²) in [5.74, 6) is -0.617. The fourth-order valence-corrected chi connectivity index (χ4v) is 2.12. The normalized spacial score (nSPS) is 12.0. The highest BCUT2D eigenvalue weighted by molar-refractivity contribution is 6.31. The van der Waals surface area contributed by atoms with Crippen LogP contribution in [0.25, 0.3) is 0 Å². The Hall–Kier alpha value is -1.43. The SMILES string of the molecule is CCOC(=O)CC(NCCCO)C(=O)c1ccc(Cl)c(C)c1. The van der Waals surface area contributed by atoms with E-state index in [1.165, 1.54) is 0 Å². The standard InChI is InChI=1S/C16H22ClNO4/c1-3-22-15(20)10-14(18-7-4-8-19)16(21)12-5-6-13(17)11(2)9-12/h5-6,9,14,18-19H,3-4,7-8,10H2,1-2H3. The molecule has 0 aliphatic rings. The monoisotopic (exact) mass is 327 g/mol. The first-order valence-corrected chi connectivity index (χ1v) is 7.67. The highest BCUT2D eigenvalue weighted by Gasteiger charge is 2.23. The van der Waals surface area contributed by atoms with E-state index in [9.17, 15) is 9.59 Å². The Morgan fingerprint density at radius 3 is 2.73 bits per heavy atom. The van der Waals surface area contributed by atoms with Crippen molar-refractivity contribution >= 4 is 23.4 Å². The zero-order chi connectivity index (χ0) is 16.5. The van der Waals surface area contributed by atoms with Crippen molar-refractivity contribution in [2.75, 3.05) is 19.8 Å². The number of benzene rings is 1. The van der Waals surface area contributed by atoms with Gasteiger partial charge in [-0.1, -0.05) is 11.6 Å². The number of hydrogen-bond donors (Lipinski definition) is 2. The van der Waals surface area contributed by atoms with Crippen LogP contribution in [0.5, 0.6) is 0 Å². The van der Waals surface area contributed by atoms with Gasteiger partial charge in [0.25, 0.3) is 0 Å². The molecule has 0 saturated heterocycles. The fourth-order valence-electron chi connectivity index (χ4n) is 2.00. The highest BCUT2D eigenvalue weighted by Crippen LogP contribution is 2.18. The van der Waals surface area contributed by atoms with Crippen LogP contribution in [0.2, 0.25) is 5.02 Å². The number of ether oxygens (including phenoxy) is 1. The second-order valence-electron chi connectivity index (χ2n) is 4.92. The number of aliphatic hydroxyl groups excluding tert-OH is 1. The fraction of sp³-hybridized carbons (Fsp3) is 0.500. The molecule has 0 aromatic heterocycles. The van der Waals surface area contributed by atoms with Crippen molar-refractivity contribution in [2.45, 2.75) is 32.7 Å². The number of halogens is 1. The van der Waals surface area contributed by atoms with Gasteiger partial charge in [0.2, 0.25) is 0 Å². The maximum atomic E-state index is 12.6. The third kappa shape index (κ3) is 5.75. The number of carbonyl (C=O) groups excluding carboxylic acids is 2. The molecule has 0 bridgehead atoms. The van der Waals surface area contributed by atoms with Crippen molar-refractivity contribution in [3.63, 3.8) is 0 Å². The van der Waals surface area contributed by atoms with Gasteiger partial charge in [-0.15, -0.1) is 0 Å². The van der Waals surface area contributed by atoms with Gasteiger partial charge in [0.1, 0.15) is 0 Å². The maximum absolute atomic E-state index is 12.6. The molecule has 1 aromatic carbocycles. The van der Waals surface area contributed by atoms with Crippen LogP contribution in [-0.2, 0) is 9.53 Å². The van der Waals surface area contributed by atoms with E-state index in [0.29, 0.717) is 23.6 Å². The first-order chi connectivity index (χ1) is 10.5. The lowest BCUT2D eigenvalue weighted by Crippen LogP contribution is -2.39. The van der Waals surface area contributed by atoms with E-state index in [4.69, 9.17) is 21.4 Å². The highest BCUT2D eigenvalue weighted by atomic mass is 35.5.